The van der Waals surface area contributed by atoms with Gasteiger partial charge in [0.1, 0.15) is 0 Å². The summed E-state index contributed by atoms with van der Waals surface area (Å²) in [4.78, 5) is 10.3. The molecule has 1 aromatic heterocycles. The molecule has 0 radical (unpaired) electrons. The second-order valence-corrected chi connectivity index (χ2v) is 3.04. The summed E-state index contributed by atoms with van der Waals surface area (Å²) in [6, 6.07) is 0. The van der Waals surface area contributed by atoms with Gasteiger partial charge in [-0.2, -0.15) is 5.10 Å². The van der Waals surface area contributed by atoms with Gasteiger partial charge < -0.3 is 5.11 Å². The van der Waals surface area contributed by atoms with Crippen LogP contribution in [0.1, 0.15) is 12.5 Å². The van der Waals surface area contributed by atoms with Crippen molar-refractivity contribution < 1.29 is 9.90 Å². The van der Waals surface area contributed by atoms with E-state index in [2.05, 4.69) is 5.10 Å². The zero-order valence-electron chi connectivity index (χ0n) is 7.69. The molecular weight excluding hydrogens is 168 g/mol. The number of carboxylic acid groups (broad SMARTS) is 1. The van der Waals surface area contributed by atoms with E-state index in [-0.39, 0.29) is 0 Å². The summed E-state index contributed by atoms with van der Waals surface area (Å²) in [5.41, 5.74) is 1.85. The van der Waals surface area contributed by atoms with Gasteiger partial charge in [-0.3, -0.25) is 4.68 Å². The summed E-state index contributed by atoms with van der Waals surface area (Å²) in [6.45, 7) is 4.24. The fraction of sp³-hybridized carbons (Fsp3) is 0.333. The number of carboxylic acids is 1. The van der Waals surface area contributed by atoms with E-state index in [0.29, 0.717) is 6.54 Å². The summed E-state index contributed by atoms with van der Waals surface area (Å²) in [5.74, 6) is -0.915. The predicted molar refractivity (Wildman–Crippen MR) is 48.4 cm³/mol. The highest BCUT2D eigenvalue weighted by Gasteiger charge is 1.97. The average molecular weight is 180 g/mol. The quantitative estimate of drug-likeness (QED) is 0.711. The Hall–Kier alpha value is -1.58. The second-order valence-electron chi connectivity index (χ2n) is 3.04. The van der Waals surface area contributed by atoms with Crippen molar-refractivity contribution >= 4 is 5.97 Å². The van der Waals surface area contributed by atoms with Gasteiger partial charge in [-0.1, -0.05) is 0 Å². The van der Waals surface area contributed by atoms with Crippen LogP contribution in [0.4, 0.5) is 0 Å². The Morgan fingerprint density at radius 2 is 2.46 bits per heavy atom. The Bertz CT molecular complexity index is 339. The zero-order valence-corrected chi connectivity index (χ0v) is 7.69. The number of aliphatic carboxylic acids is 1. The molecule has 0 saturated carbocycles. The lowest BCUT2D eigenvalue weighted by atomic mass is 10.3. The minimum Gasteiger partial charge on any atom is -0.478 e. The lowest BCUT2D eigenvalue weighted by Gasteiger charge is -1.99. The largest absolute Gasteiger partial charge is 0.478 e. The molecule has 0 bridgehead atoms. The number of aryl methyl sites for hydroxylation is 1. The van der Waals surface area contributed by atoms with E-state index in [4.69, 9.17) is 5.11 Å². The van der Waals surface area contributed by atoms with E-state index in [1.54, 1.807) is 17.8 Å². The Kier molecular flexibility index (Phi) is 2.84. The molecule has 0 spiro atoms. The Balaban J connectivity index is 2.64. The van der Waals surface area contributed by atoms with Crippen molar-refractivity contribution in [1.29, 1.82) is 0 Å². The van der Waals surface area contributed by atoms with Crippen LogP contribution >= 0.6 is 0 Å². The summed E-state index contributed by atoms with van der Waals surface area (Å²) in [7, 11) is 0. The van der Waals surface area contributed by atoms with Crippen molar-refractivity contribution in [1.82, 2.24) is 9.78 Å². The maximum atomic E-state index is 10.3. The van der Waals surface area contributed by atoms with Crippen molar-refractivity contribution in [3.63, 3.8) is 0 Å². The molecule has 0 aliphatic heterocycles. The van der Waals surface area contributed by atoms with E-state index in [0.717, 1.165) is 11.1 Å². The van der Waals surface area contributed by atoms with Crippen molar-refractivity contribution in [2.75, 3.05) is 0 Å². The Morgan fingerprint density at radius 1 is 1.77 bits per heavy atom. The molecule has 1 rings (SSSR count). The average Bonchev–Trinajstić information content (AvgIpc) is 2.33. The Morgan fingerprint density at radius 3 is 2.92 bits per heavy atom. The zero-order chi connectivity index (χ0) is 9.84. The molecule has 0 aliphatic carbocycles. The van der Waals surface area contributed by atoms with Gasteiger partial charge in [0.15, 0.2) is 0 Å². The van der Waals surface area contributed by atoms with E-state index in [9.17, 15) is 4.79 Å². The molecule has 0 aliphatic rings. The van der Waals surface area contributed by atoms with Crippen LogP contribution in [0, 0.1) is 6.92 Å². The monoisotopic (exact) mass is 180 g/mol. The van der Waals surface area contributed by atoms with Gasteiger partial charge in [-0.25, -0.2) is 4.79 Å². The topological polar surface area (TPSA) is 55.1 Å². The van der Waals surface area contributed by atoms with Crippen LogP contribution < -0.4 is 0 Å². The summed E-state index contributed by atoms with van der Waals surface area (Å²) >= 11 is 0. The van der Waals surface area contributed by atoms with Gasteiger partial charge in [0.2, 0.25) is 0 Å². The van der Waals surface area contributed by atoms with Crippen LogP contribution in [0.25, 0.3) is 0 Å². The first kappa shape index (κ1) is 9.51. The number of hydrogen-bond donors (Lipinski definition) is 1. The molecule has 0 atom stereocenters. The minimum atomic E-state index is -0.915. The number of rotatable bonds is 3. The molecule has 1 heterocycles. The molecule has 70 valence electrons. The van der Waals surface area contributed by atoms with Gasteiger partial charge in [0, 0.05) is 12.3 Å². The van der Waals surface area contributed by atoms with Crippen molar-refractivity contribution in [2.45, 2.75) is 20.4 Å². The van der Waals surface area contributed by atoms with Crippen molar-refractivity contribution in [3.05, 3.63) is 29.6 Å². The third kappa shape index (κ3) is 3.11. The van der Waals surface area contributed by atoms with E-state index in [1.807, 2.05) is 13.1 Å². The lowest BCUT2D eigenvalue weighted by Crippen LogP contribution is -2.01. The van der Waals surface area contributed by atoms with E-state index < -0.39 is 5.97 Å². The van der Waals surface area contributed by atoms with Crippen LogP contribution in [0.15, 0.2) is 24.0 Å². The smallest absolute Gasteiger partial charge is 0.328 e. The van der Waals surface area contributed by atoms with E-state index in [1.165, 1.54) is 6.08 Å². The van der Waals surface area contributed by atoms with Crippen LogP contribution in [-0.2, 0) is 11.3 Å². The van der Waals surface area contributed by atoms with Crippen LogP contribution in [0.3, 0.4) is 0 Å². The Labute approximate surface area is 76.5 Å². The standard InChI is InChI=1S/C9H12N2O2/c1-7(3-9(12)13)5-11-6-8(2)4-10-11/h3-4,6H,5H2,1-2H3,(H,12,13). The number of carbonyl (C=O) groups is 1. The fourth-order valence-electron chi connectivity index (χ4n) is 1.07. The molecule has 0 saturated heterocycles. The van der Waals surface area contributed by atoms with Crippen molar-refractivity contribution in [3.8, 4) is 0 Å². The van der Waals surface area contributed by atoms with E-state index >= 15 is 0 Å². The molecule has 4 nitrogen and oxygen atoms in total. The van der Waals surface area contributed by atoms with Crippen LogP contribution in [0.2, 0.25) is 0 Å². The number of allylic oxidation sites excluding steroid dienone is 1. The number of hydrogen-bond acceptors (Lipinski definition) is 2. The predicted octanol–water partition coefficient (Wildman–Crippen LogP) is 1.22. The summed E-state index contributed by atoms with van der Waals surface area (Å²) < 4.78 is 1.71. The number of nitrogens with zero attached hydrogens (tertiary/aromatic N) is 2. The SMILES string of the molecule is CC(=CC(=O)O)Cn1cc(C)cn1. The molecule has 0 amide bonds. The first-order valence-electron chi connectivity index (χ1n) is 3.97. The molecule has 13 heavy (non-hydrogen) atoms. The normalized spacial score (nSPS) is 11.7. The molecule has 1 N–H and O–H groups in total. The van der Waals surface area contributed by atoms with Crippen LogP contribution in [0.5, 0.6) is 0 Å². The molecule has 0 aromatic carbocycles. The molecule has 0 unspecified atom stereocenters. The van der Waals surface area contributed by atoms with Gasteiger partial charge in [0.05, 0.1) is 12.7 Å². The van der Waals surface area contributed by atoms with Gasteiger partial charge >= 0.3 is 5.97 Å². The molecule has 4 heteroatoms. The molecule has 1 aromatic rings. The second kappa shape index (κ2) is 3.89. The maximum absolute atomic E-state index is 10.3. The molecular formula is C9H12N2O2. The van der Waals surface area contributed by atoms with Gasteiger partial charge in [0.25, 0.3) is 0 Å². The maximum Gasteiger partial charge on any atom is 0.328 e. The van der Waals surface area contributed by atoms with Crippen LogP contribution in [-0.4, -0.2) is 20.9 Å². The summed E-state index contributed by atoms with van der Waals surface area (Å²) in [6.07, 6.45) is 4.81. The summed E-state index contributed by atoms with van der Waals surface area (Å²) in [5, 5.41) is 12.5. The first-order valence-corrected chi connectivity index (χ1v) is 3.97. The lowest BCUT2D eigenvalue weighted by molar-refractivity contribution is -0.131. The highest BCUT2D eigenvalue weighted by Crippen LogP contribution is 2.00. The minimum absolute atomic E-state index is 0.528. The van der Waals surface area contributed by atoms with Gasteiger partial charge in [-0.05, 0) is 25.0 Å². The number of aromatic nitrogens is 2. The first-order chi connectivity index (χ1) is 6.08. The fourth-order valence-corrected chi connectivity index (χ4v) is 1.07. The molecule has 0 fully saturated rings. The van der Waals surface area contributed by atoms with Gasteiger partial charge in [-0.15, -0.1) is 0 Å². The third-order valence-corrected chi connectivity index (χ3v) is 1.54. The third-order valence-electron chi connectivity index (χ3n) is 1.54. The van der Waals surface area contributed by atoms with Crippen molar-refractivity contribution in [2.24, 2.45) is 0 Å². The highest BCUT2D eigenvalue weighted by atomic mass is 16.4. The highest BCUT2D eigenvalue weighted by molar-refractivity contribution is 5.80.